The predicted octanol–water partition coefficient (Wildman–Crippen LogP) is 2.46. The molecule has 4 heteroatoms. The SMILES string of the molecule is CC1CN(CC(=O)NC(C)c2ccc3c(c2)CCC3)CC(C)O1. The number of aryl methyl sites for hydroxylation is 2. The van der Waals surface area contributed by atoms with Crippen LogP contribution in [0.5, 0.6) is 0 Å². The Kier molecular flexibility index (Phi) is 5.02. The molecule has 0 aromatic heterocycles. The molecule has 1 saturated heterocycles. The van der Waals surface area contributed by atoms with Crippen LogP contribution < -0.4 is 5.32 Å². The number of nitrogens with zero attached hydrogens (tertiary/aromatic N) is 1. The summed E-state index contributed by atoms with van der Waals surface area (Å²) in [4.78, 5) is 14.5. The van der Waals surface area contributed by atoms with Crippen LogP contribution >= 0.6 is 0 Å². The summed E-state index contributed by atoms with van der Waals surface area (Å²) in [5.74, 6) is 0.0966. The normalized spacial score (nSPS) is 25.9. The highest BCUT2D eigenvalue weighted by atomic mass is 16.5. The Labute approximate surface area is 139 Å². The second kappa shape index (κ2) is 7.02. The quantitative estimate of drug-likeness (QED) is 0.928. The summed E-state index contributed by atoms with van der Waals surface area (Å²) in [5.41, 5.74) is 4.14. The number of ether oxygens (including phenoxy) is 1. The lowest BCUT2D eigenvalue weighted by molar-refractivity contribution is -0.126. The first-order valence-electron chi connectivity index (χ1n) is 8.80. The number of rotatable bonds is 4. The molecule has 3 rings (SSSR count). The topological polar surface area (TPSA) is 41.6 Å². The Hall–Kier alpha value is -1.39. The molecule has 1 aliphatic carbocycles. The first kappa shape index (κ1) is 16.5. The zero-order valence-electron chi connectivity index (χ0n) is 14.5. The first-order chi connectivity index (χ1) is 11.0. The van der Waals surface area contributed by atoms with E-state index in [9.17, 15) is 4.79 Å². The van der Waals surface area contributed by atoms with Gasteiger partial charge in [-0.2, -0.15) is 0 Å². The Bertz CT molecular complexity index is 562. The van der Waals surface area contributed by atoms with Gasteiger partial charge in [0.25, 0.3) is 0 Å². The van der Waals surface area contributed by atoms with Crippen LogP contribution in [-0.2, 0) is 22.4 Å². The monoisotopic (exact) mass is 316 g/mol. The van der Waals surface area contributed by atoms with E-state index < -0.39 is 0 Å². The number of carbonyl (C=O) groups excluding carboxylic acids is 1. The van der Waals surface area contributed by atoms with E-state index in [1.165, 1.54) is 36.0 Å². The highest BCUT2D eigenvalue weighted by Gasteiger charge is 2.24. The van der Waals surface area contributed by atoms with E-state index in [4.69, 9.17) is 4.74 Å². The van der Waals surface area contributed by atoms with Crippen LogP contribution in [0.3, 0.4) is 0 Å². The van der Waals surface area contributed by atoms with Gasteiger partial charge in [-0.1, -0.05) is 18.2 Å². The van der Waals surface area contributed by atoms with Gasteiger partial charge in [0.2, 0.25) is 5.91 Å². The Balaban J connectivity index is 1.55. The van der Waals surface area contributed by atoms with Gasteiger partial charge in [-0.15, -0.1) is 0 Å². The van der Waals surface area contributed by atoms with Gasteiger partial charge in [0.1, 0.15) is 0 Å². The zero-order valence-corrected chi connectivity index (χ0v) is 14.5. The number of hydrogen-bond acceptors (Lipinski definition) is 3. The Morgan fingerprint density at radius 2 is 1.96 bits per heavy atom. The van der Waals surface area contributed by atoms with Crippen molar-refractivity contribution < 1.29 is 9.53 Å². The summed E-state index contributed by atoms with van der Waals surface area (Å²) in [6, 6.07) is 6.72. The van der Waals surface area contributed by atoms with Crippen LogP contribution in [0.25, 0.3) is 0 Å². The van der Waals surface area contributed by atoms with Crippen LogP contribution in [0.15, 0.2) is 18.2 Å². The van der Waals surface area contributed by atoms with Crippen molar-refractivity contribution in [3.05, 3.63) is 34.9 Å². The summed E-state index contributed by atoms with van der Waals surface area (Å²) in [6.07, 6.45) is 4.02. The summed E-state index contributed by atoms with van der Waals surface area (Å²) in [6.45, 7) is 8.30. The maximum Gasteiger partial charge on any atom is 0.234 e. The molecule has 1 aromatic carbocycles. The average molecular weight is 316 g/mol. The lowest BCUT2D eigenvalue weighted by Gasteiger charge is -2.35. The van der Waals surface area contributed by atoms with Crippen molar-refractivity contribution in [1.82, 2.24) is 10.2 Å². The second-order valence-corrected chi connectivity index (χ2v) is 7.12. The average Bonchev–Trinajstić information content (AvgIpc) is 2.93. The minimum atomic E-state index is 0.0595. The summed E-state index contributed by atoms with van der Waals surface area (Å²) in [5, 5.41) is 3.14. The lowest BCUT2D eigenvalue weighted by Crippen LogP contribution is -2.49. The number of amides is 1. The Morgan fingerprint density at radius 3 is 2.70 bits per heavy atom. The summed E-state index contributed by atoms with van der Waals surface area (Å²) in [7, 11) is 0. The van der Waals surface area contributed by atoms with E-state index in [-0.39, 0.29) is 24.2 Å². The molecule has 0 spiro atoms. The van der Waals surface area contributed by atoms with Gasteiger partial charge in [-0.3, -0.25) is 9.69 Å². The van der Waals surface area contributed by atoms with Gasteiger partial charge in [0.15, 0.2) is 0 Å². The molecule has 23 heavy (non-hydrogen) atoms. The largest absolute Gasteiger partial charge is 0.373 e. The third-order valence-electron chi connectivity index (χ3n) is 4.86. The molecule has 1 heterocycles. The Morgan fingerprint density at radius 1 is 1.26 bits per heavy atom. The molecular weight excluding hydrogens is 288 g/mol. The zero-order chi connectivity index (χ0) is 16.4. The minimum Gasteiger partial charge on any atom is -0.373 e. The maximum atomic E-state index is 12.3. The fourth-order valence-electron chi connectivity index (χ4n) is 3.85. The molecule has 3 atom stereocenters. The molecule has 4 nitrogen and oxygen atoms in total. The molecule has 1 fully saturated rings. The fourth-order valence-corrected chi connectivity index (χ4v) is 3.85. The highest BCUT2D eigenvalue weighted by molar-refractivity contribution is 5.78. The summed E-state index contributed by atoms with van der Waals surface area (Å²) >= 11 is 0. The van der Waals surface area contributed by atoms with E-state index >= 15 is 0 Å². The van der Waals surface area contributed by atoms with E-state index in [0.29, 0.717) is 6.54 Å². The van der Waals surface area contributed by atoms with Gasteiger partial charge in [0, 0.05) is 13.1 Å². The van der Waals surface area contributed by atoms with Gasteiger partial charge < -0.3 is 10.1 Å². The van der Waals surface area contributed by atoms with Crippen molar-refractivity contribution in [3.63, 3.8) is 0 Å². The minimum absolute atomic E-state index is 0.0595. The molecule has 0 bridgehead atoms. The van der Waals surface area contributed by atoms with Crippen LogP contribution in [0.2, 0.25) is 0 Å². The van der Waals surface area contributed by atoms with Gasteiger partial charge in [-0.05, 0) is 56.7 Å². The standard InChI is InChI=1S/C19H28N2O2/c1-13-10-21(11-14(2)23-13)12-19(22)20-15(3)17-8-7-16-5-4-6-18(16)9-17/h7-9,13-15H,4-6,10-12H2,1-3H3,(H,20,22). The van der Waals surface area contributed by atoms with Crippen LogP contribution in [0.1, 0.15) is 49.9 Å². The van der Waals surface area contributed by atoms with Crippen molar-refractivity contribution in [2.24, 2.45) is 0 Å². The first-order valence-corrected chi connectivity index (χ1v) is 8.80. The molecule has 2 aliphatic rings. The molecule has 0 radical (unpaired) electrons. The van der Waals surface area contributed by atoms with Gasteiger partial charge >= 0.3 is 0 Å². The van der Waals surface area contributed by atoms with Crippen molar-refractivity contribution >= 4 is 5.91 Å². The smallest absolute Gasteiger partial charge is 0.234 e. The summed E-state index contributed by atoms with van der Waals surface area (Å²) < 4.78 is 5.72. The number of hydrogen-bond donors (Lipinski definition) is 1. The number of benzene rings is 1. The van der Waals surface area contributed by atoms with Crippen molar-refractivity contribution in [2.45, 2.75) is 58.3 Å². The number of morpholine rings is 1. The van der Waals surface area contributed by atoms with Gasteiger partial charge in [0.05, 0.1) is 24.8 Å². The van der Waals surface area contributed by atoms with E-state index in [0.717, 1.165) is 13.1 Å². The van der Waals surface area contributed by atoms with E-state index in [1.54, 1.807) is 0 Å². The van der Waals surface area contributed by atoms with Crippen molar-refractivity contribution in [3.8, 4) is 0 Å². The molecule has 1 aromatic rings. The number of nitrogens with one attached hydrogen (secondary N) is 1. The third kappa shape index (κ3) is 4.12. The lowest BCUT2D eigenvalue weighted by atomic mass is 10.0. The predicted molar refractivity (Wildman–Crippen MR) is 91.5 cm³/mol. The van der Waals surface area contributed by atoms with Gasteiger partial charge in [-0.25, -0.2) is 0 Å². The second-order valence-electron chi connectivity index (χ2n) is 7.12. The molecular formula is C19H28N2O2. The van der Waals surface area contributed by atoms with Crippen molar-refractivity contribution in [1.29, 1.82) is 0 Å². The number of carbonyl (C=O) groups is 1. The fraction of sp³-hybridized carbons (Fsp3) is 0.632. The number of fused-ring (bicyclic) bond motifs is 1. The molecule has 126 valence electrons. The van der Waals surface area contributed by atoms with Crippen LogP contribution in [0.4, 0.5) is 0 Å². The maximum absolute atomic E-state index is 12.3. The molecule has 1 aliphatic heterocycles. The van der Waals surface area contributed by atoms with Crippen molar-refractivity contribution in [2.75, 3.05) is 19.6 Å². The van der Waals surface area contributed by atoms with E-state index in [2.05, 4.69) is 49.2 Å². The van der Waals surface area contributed by atoms with Crippen LogP contribution in [-0.4, -0.2) is 42.6 Å². The molecule has 3 unspecified atom stereocenters. The molecule has 1 N–H and O–H groups in total. The van der Waals surface area contributed by atoms with Crippen LogP contribution in [0, 0.1) is 0 Å². The van der Waals surface area contributed by atoms with E-state index in [1.807, 2.05) is 0 Å². The third-order valence-corrected chi connectivity index (χ3v) is 4.86. The molecule has 0 saturated carbocycles. The highest BCUT2D eigenvalue weighted by Crippen LogP contribution is 2.25. The molecule has 1 amide bonds.